The summed E-state index contributed by atoms with van der Waals surface area (Å²) in [6.45, 7) is 9.87. The van der Waals surface area contributed by atoms with Gasteiger partial charge in [-0.05, 0) is 31.9 Å². The molecule has 1 aromatic rings. The van der Waals surface area contributed by atoms with Crippen molar-refractivity contribution in [1.29, 1.82) is 0 Å². The molecule has 0 bridgehead atoms. The highest BCUT2D eigenvalue weighted by atomic mass is 16.2. The normalized spacial score (nSPS) is 11.7. The minimum absolute atomic E-state index is 0.000949. The Morgan fingerprint density at radius 1 is 1.56 bits per heavy atom. The second-order valence-corrected chi connectivity index (χ2v) is 5.52. The van der Waals surface area contributed by atoms with Crippen LogP contribution in [0.15, 0.2) is 6.07 Å². The van der Waals surface area contributed by atoms with Crippen LogP contribution < -0.4 is 5.73 Å². The summed E-state index contributed by atoms with van der Waals surface area (Å²) < 4.78 is 1.74. The van der Waals surface area contributed by atoms with E-state index in [-0.39, 0.29) is 11.3 Å². The molecule has 0 aromatic carbocycles. The Kier molecular flexibility index (Phi) is 4.51. The van der Waals surface area contributed by atoms with Crippen LogP contribution in [-0.2, 0) is 6.54 Å². The molecule has 0 aliphatic rings. The molecule has 2 N–H and O–H groups in total. The molecule has 0 saturated heterocycles. The van der Waals surface area contributed by atoms with E-state index in [1.165, 1.54) is 0 Å². The average Bonchev–Trinajstić information content (AvgIpc) is 2.68. The van der Waals surface area contributed by atoms with E-state index in [0.717, 1.165) is 5.69 Å². The summed E-state index contributed by atoms with van der Waals surface area (Å²) in [5.41, 5.74) is 7.14. The van der Waals surface area contributed by atoms with E-state index in [1.54, 1.807) is 9.58 Å². The first-order valence-corrected chi connectivity index (χ1v) is 6.30. The molecular weight excluding hydrogens is 228 g/mol. The molecule has 0 saturated carbocycles. The highest BCUT2D eigenvalue weighted by Gasteiger charge is 2.23. The minimum Gasteiger partial charge on any atom is -0.340 e. The lowest BCUT2D eigenvalue weighted by Gasteiger charge is -2.29. The van der Waals surface area contributed by atoms with Crippen molar-refractivity contribution in [3.63, 3.8) is 0 Å². The van der Waals surface area contributed by atoms with Crippen LogP contribution in [0.25, 0.3) is 0 Å². The molecule has 0 fully saturated rings. The predicted octanol–water partition coefficient (Wildman–Crippen LogP) is 1.27. The average molecular weight is 252 g/mol. The molecule has 1 rings (SSSR count). The zero-order valence-electron chi connectivity index (χ0n) is 12.0. The van der Waals surface area contributed by atoms with E-state index in [9.17, 15) is 4.79 Å². The van der Waals surface area contributed by atoms with Crippen LogP contribution in [0.3, 0.4) is 0 Å². The van der Waals surface area contributed by atoms with Crippen LogP contribution in [0.5, 0.6) is 0 Å². The number of hydrogen-bond acceptors (Lipinski definition) is 3. The van der Waals surface area contributed by atoms with Crippen molar-refractivity contribution in [2.75, 3.05) is 20.1 Å². The van der Waals surface area contributed by atoms with Gasteiger partial charge in [0.2, 0.25) is 0 Å². The molecule has 0 spiro atoms. The van der Waals surface area contributed by atoms with Gasteiger partial charge in [0.05, 0.1) is 5.69 Å². The lowest BCUT2D eigenvalue weighted by atomic mass is 9.93. The number of carbonyl (C=O) groups is 1. The van der Waals surface area contributed by atoms with Crippen molar-refractivity contribution in [3.05, 3.63) is 17.5 Å². The monoisotopic (exact) mass is 252 g/mol. The number of carbonyl (C=O) groups excluding carboxylic acids is 1. The first kappa shape index (κ1) is 14.7. The lowest BCUT2D eigenvalue weighted by Crippen LogP contribution is -2.40. The van der Waals surface area contributed by atoms with Gasteiger partial charge >= 0.3 is 0 Å². The molecule has 1 aromatic heterocycles. The van der Waals surface area contributed by atoms with E-state index >= 15 is 0 Å². The fourth-order valence-corrected chi connectivity index (χ4v) is 1.93. The molecule has 0 atom stereocenters. The topological polar surface area (TPSA) is 64.2 Å². The van der Waals surface area contributed by atoms with Gasteiger partial charge in [-0.25, -0.2) is 0 Å². The summed E-state index contributed by atoms with van der Waals surface area (Å²) in [6.07, 6.45) is 0. The van der Waals surface area contributed by atoms with E-state index in [4.69, 9.17) is 5.73 Å². The Morgan fingerprint density at radius 3 is 2.67 bits per heavy atom. The third-order valence-electron chi connectivity index (χ3n) is 2.99. The van der Waals surface area contributed by atoms with E-state index in [1.807, 2.05) is 27.0 Å². The zero-order chi connectivity index (χ0) is 13.9. The molecule has 5 nitrogen and oxygen atoms in total. The molecule has 1 amide bonds. The molecule has 0 aliphatic carbocycles. The first-order valence-electron chi connectivity index (χ1n) is 6.30. The third-order valence-corrected chi connectivity index (χ3v) is 2.99. The first-order chi connectivity index (χ1) is 8.30. The lowest BCUT2D eigenvalue weighted by molar-refractivity contribution is 0.0728. The molecule has 0 aliphatic heterocycles. The van der Waals surface area contributed by atoms with Gasteiger partial charge < -0.3 is 10.6 Å². The molecule has 5 heteroatoms. The highest BCUT2D eigenvalue weighted by molar-refractivity contribution is 5.92. The molecule has 102 valence electrons. The summed E-state index contributed by atoms with van der Waals surface area (Å²) in [5, 5.41) is 4.29. The van der Waals surface area contributed by atoms with Gasteiger partial charge in [-0.15, -0.1) is 0 Å². The van der Waals surface area contributed by atoms with Crippen LogP contribution in [0.1, 0.15) is 37.0 Å². The number of nitrogens with two attached hydrogens (primary N) is 1. The maximum absolute atomic E-state index is 12.4. The fourth-order valence-electron chi connectivity index (χ4n) is 1.93. The summed E-state index contributed by atoms with van der Waals surface area (Å²) in [7, 11) is 1.81. The summed E-state index contributed by atoms with van der Waals surface area (Å²) in [5.74, 6) is -0.000949. The number of rotatable bonds is 5. The quantitative estimate of drug-likeness (QED) is 0.858. The van der Waals surface area contributed by atoms with Gasteiger partial charge in [-0.1, -0.05) is 13.8 Å². The van der Waals surface area contributed by atoms with Crippen LogP contribution in [0.4, 0.5) is 0 Å². The second-order valence-electron chi connectivity index (χ2n) is 5.52. The Bertz CT molecular complexity index is 423. The van der Waals surface area contributed by atoms with Crippen LogP contribution in [0.2, 0.25) is 0 Å². The largest absolute Gasteiger partial charge is 0.340 e. The van der Waals surface area contributed by atoms with E-state index < -0.39 is 0 Å². The third kappa shape index (κ3) is 3.32. The van der Waals surface area contributed by atoms with Gasteiger partial charge in [-0.3, -0.25) is 9.48 Å². The van der Waals surface area contributed by atoms with Crippen molar-refractivity contribution in [2.24, 2.45) is 11.1 Å². The standard InChI is InChI=1S/C13H24N4O/c1-6-17-11(7-10(2)15-17)12(18)16(5)9-13(3,4)8-14/h7H,6,8-9,14H2,1-5H3. The van der Waals surface area contributed by atoms with Gasteiger partial charge in [-0.2, -0.15) is 5.10 Å². The number of aryl methyl sites for hydroxylation is 2. The number of aromatic nitrogens is 2. The summed E-state index contributed by atoms with van der Waals surface area (Å²) in [6, 6.07) is 1.83. The number of nitrogens with zero attached hydrogens (tertiary/aromatic N) is 3. The van der Waals surface area contributed by atoms with E-state index in [0.29, 0.717) is 25.3 Å². The molecule has 0 unspecified atom stereocenters. The fraction of sp³-hybridized carbons (Fsp3) is 0.692. The number of hydrogen-bond donors (Lipinski definition) is 1. The maximum atomic E-state index is 12.4. The molecule has 18 heavy (non-hydrogen) atoms. The Hall–Kier alpha value is -1.36. The minimum atomic E-state index is -0.0729. The van der Waals surface area contributed by atoms with Crippen molar-refractivity contribution in [1.82, 2.24) is 14.7 Å². The smallest absolute Gasteiger partial charge is 0.271 e. The Balaban J connectivity index is 2.86. The number of amides is 1. The zero-order valence-corrected chi connectivity index (χ0v) is 12.0. The summed E-state index contributed by atoms with van der Waals surface area (Å²) >= 11 is 0. The van der Waals surface area contributed by atoms with Gasteiger partial charge in [0.15, 0.2) is 0 Å². The molecule has 1 heterocycles. The maximum Gasteiger partial charge on any atom is 0.271 e. The summed E-state index contributed by atoms with van der Waals surface area (Å²) in [4.78, 5) is 14.1. The van der Waals surface area contributed by atoms with Gasteiger partial charge in [0.1, 0.15) is 5.69 Å². The Labute approximate surface area is 109 Å². The van der Waals surface area contributed by atoms with Crippen molar-refractivity contribution in [3.8, 4) is 0 Å². The van der Waals surface area contributed by atoms with Crippen LogP contribution in [-0.4, -0.2) is 40.7 Å². The van der Waals surface area contributed by atoms with Crippen molar-refractivity contribution < 1.29 is 4.79 Å². The van der Waals surface area contributed by atoms with Gasteiger partial charge in [0, 0.05) is 20.1 Å². The van der Waals surface area contributed by atoms with Crippen molar-refractivity contribution >= 4 is 5.91 Å². The Morgan fingerprint density at radius 2 is 2.17 bits per heavy atom. The second kappa shape index (κ2) is 5.52. The highest BCUT2D eigenvalue weighted by Crippen LogP contribution is 2.16. The predicted molar refractivity (Wildman–Crippen MR) is 72.4 cm³/mol. The van der Waals surface area contributed by atoms with Crippen LogP contribution in [0, 0.1) is 12.3 Å². The van der Waals surface area contributed by atoms with E-state index in [2.05, 4.69) is 18.9 Å². The van der Waals surface area contributed by atoms with Crippen molar-refractivity contribution in [2.45, 2.75) is 34.2 Å². The molecular formula is C13H24N4O. The van der Waals surface area contributed by atoms with Crippen LogP contribution >= 0.6 is 0 Å². The molecule has 0 radical (unpaired) electrons. The van der Waals surface area contributed by atoms with Gasteiger partial charge in [0.25, 0.3) is 5.91 Å². The SMILES string of the molecule is CCn1nc(C)cc1C(=O)N(C)CC(C)(C)CN.